The summed E-state index contributed by atoms with van der Waals surface area (Å²) in [6.07, 6.45) is 0. The number of aliphatic carboxylic acids is 1. The van der Waals surface area contributed by atoms with Gasteiger partial charge in [-0.05, 0) is 12.0 Å². The number of nitrogens with one attached hydrogen (secondary N) is 1. The van der Waals surface area contributed by atoms with E-state index in [1.165, 1.54) is 6.07 Å². The molecule has 94 valence electrons. The summed E-state index contributed by atoms with van der Waals surface area (Å²) in [7, 11) is 0. The third-order valence-electron chi connectivity index (χ3n) is 2.48. The normalized spacial score (nSPS) is 12.8. The molecule has 1 aromatic rings. The lowest BCUT2D eigenvalue weighted by atomic mass is 10.0. The summed E-state index contributed by atoms with van der Waals surface area (Å²) in [5, 5.41) is 11.8. The zero-order valence-electron chi connectivity index (χ0n) is 9.71. The van der Waals surface area contributed by atoms with Crippen LogP contribution in [0, 0.1) is 11.7 Å². The Morgan fingerprint density at radius 3 is 2.71 bits per heavy atom. The highest BCUT2D eigenvalue weighted by Gasteiger charge is 2.21. The summed E-state index contributed by atoms with van der Waals surface area (Å²) in [6, 6.07) is 3.96. The number of carboxylic acid groups (broad SMARTS) is 1. The first-order valence-corrected chi connectivity index (χ1v) is 5.70. The summed E-state index contributed by atoms with van der Waals surface area (Å²) >= 11 is 5.64. The molecule has 3 nitrogen and oxygen atoms in total. The Balaban J connectivity index is 2.72. The number of benzene rings is 1. The molecular formula is C12H15ClFNO2. The fourth-order valence-corrected chi connectivity index (χ4v) is 1.71. The quantitative estimate of drug-likeness (QED) is 0.855. The van der Waals surface area contributed by atoms with Crippen molar-refractivity contribution in [2.75, 3.05) is 0 Å². The van der Waals surface area contributed by atoms with Crippen molar-refractivity contribution in [3.8, 4) is 0 Å². The molecule has 1 rings (SSSR count). The van der Waals surface area contributed by atoms with Gasteiger partial charge in [0.1, 0.15) is 11.9 Å². The molecule has 1 aromatic carbocycles. The Kier molecular flexibility index (Phi) is 4.90. The van der Waals surface area contributed by atoms with Gasteiger partial charge in [0.15, 0.2) is 0 Å². The molecule has 17 heavy (non-hydrogen) atoms. The van der Waals surface area contributed by atoms with Crippen LogP contribution in [-0.2, 0) is 11.3 Å². The van der Waals surface area contributed by atoms with Crippen molar-refractivity contribution in [1.29, 1.82) is 0 Å². The summed E-state index contributed by atoms with van der Waals surface area (Å²) in [6.45, 7) is 3.72. The van der Waals surface area contributed by atoms with Gasteiger partial charge in [-0.2, -0.15) is 0 Å². The molecule has 0 fully saturated rings. The number of carboxylic acids is 1. The maximum atomic E-state index is 13.5. The van der Waals surface area contributed by atoms with E-state index in [1.807, 2.05) is 0 Å². The second-order valence-electron chi connectivity index (χ2n) is 4.15. The minimum atomic E-state index is -0.942. The van der Waals surface area contributed by atoms with Crippen LogP contribution in [0.2, 0.25) is 5.02 Å². The van der Waals surface area contributed by atoms with Crippen LogP contribution in [0.15, 0.2) is 18.2 Å². The van der Waals surface area contributed by atoms with Gasteiger partial charge < -0.3 is 5.11 Å². The van der Waals surface area contributed by atoms with Gasteiger partial charge in [0.2, 0.25) is 0 Å². The Morgan fingerprint density at radius 2 is 2.18 bits per heavy atom. The number of carbonyl (C=O) groups is 1. The predicted molar refractivity (Wildman–Crippen MR) is 64.5 cm³/mol. The minimum absolute atomic E-state index is 0.0423. The number of halogens is 2. The van der Waals surface area contributed by atoms with Crippen LogP contribution >= 0.6 is 11.6 Å². The van der Waals surface area contributed by atoms with E-state index in [4.69, 9.17) is 16.7 Å². The van der Waals surface area contributed by atoms with Gasteiger partial charge in [-0.15, -0.1) is 0 Å². The van der Waals surface area contributed by atoms with E-state index in [0.717, 1.165) is 0 Å². The first-order chi connectivity index (χ1) is 7.93. The topological polar surface area (TPSA) is 49.3 Å². The second-order valence-corrected chi connectivity index (χ2v) is 4.56. The summed E-state index contributed by atoms with van der Waals surface area (Å²) in [5.74, 6) is -1.52. The number of rotatable bonds is 5. The molecule has 0 aliphatic rings. The molecule has 0 aliphatic carbocycles. The van der Waals surface area contributed by atoms with E-state index in [9.17, 15) is 9.18 Å². The van der Waals surface area contributed by atoms with Crippen molar-refractivity contribution in [3.05, 3.63) is 34.6 Å². The molecule has 5 heteroatoms. The summed E-state index contributed by atoms with van der Waals surface area (Å²) < 4.78 is 13.5. The molecule has 0 aromatic heterocycles. The van der Waals surface area contributed by atoms with Gasteiger partial charge in [-0.3, -0.25) is 10.1 Å². The Bertz CT molecular complexity index is 409. The van der Waals surface area contributed by atoms with Gasteiger partial charge in [0.05, 0.1) is 5.02 Å². The van der Waals surface area contributed by atoms with E-state index in [2.05, 4.69) is 5.32 Å². The van der Waals surface area contributed by atoms with Gasteiger partial charge in [0.25, 0.3) is 0 Å². The molecule has 0 bridgehead atoms. The molecule has 1 atom stereocenters. The number of hydrogen-bond donors (Lipinski definition) is 2. The van der Waals surface area contributed by atoms with E-state index in [0.29, 0.717) is 5.56 Å². The van der Waals surface area contributed by atoms with Crippen molar-refractivity contribution < 1.29 is 14.3 Å². The molecule has 0 aliphatic heterocycles. The largest absolute Gasteiger partial charge is 0.480 e. The van der Waals surface area contributed by atoms with Gasteiger partial charge in [-0.1, -0.05) is 37.6 Å². The number of hydrogen-bond acceptors (Lipinski definition) is 2. The van der Waals surface area contributed by atoms with Crippen molar-refractivity contribution in [1.82, 2.24) is 5.32 Å². The van der Waals surface area contributed by atoms with Crippen molar-refractivity contribution in [2.24, 2.45) is 5.92 Å². The molecule has 0 saturated heterocycles. The Hall–Kier alpha value is -1.13. The average molecular weight is 260 g/mol. The highest BCUT2D eigenvalue weighted by molar-refractivity contribution is 6.30. The molecule has 0 radical (unpaired) electrons. The van der Waals surface area contributed by atoms with Crippen molar-refractivity contribution in [3.63, 3.8) is 0 Å². The fourth-order valence-electron chi connectivity index (χ4n) is 1.51. The van der Waals surface area contributed by atoms with Crippen LogP contribution in [-0.4, -0.2) is 17.1 Å². The monoisotopic (exact) mass is 259 g/mol. The molecule has 0 heterocycles. The van der Waals surface area contributed by atoms with Crippen LogP contribution in [0.3, 0.4) is 0 Å². The highest BCUT2D eigenvalue weighted by atomic mass is 35.5. The Labute approximate surface area is 105 Å². The van der Waals surface area contributed by atoms with E-state index >= 15 is 0 Å². The van der Waals surface area contributed by atoms with Crippen LogP contribution in [0.4, 0.5) is 4.39 Å². The van der Waals surface area contributed by atoms with Crippen LogP contribution in [0.5, 0.6) is 0 Å². The van der Waals surface area contributed by atoms with E-state index < -0.39 is 17.8 Å². The molecule has 0 spiro atoms. The lowest BCUT2D eigenvalue weighted by Gasteiger charge is -2.18. The molecule has 0 saturated carbocycles. The highest BCUT2D eigenvalue weighted by Crippen LogP contribution is 2.18. The fraction of sp³-hybridized carbons (Fsp3) is 0.417. The SMILES string of the molecule is CC(C)C(NCc1cccc(Cl)c1F)C(=O)O. The predicted octanol–water partition coefficient (Wildman–Crippen LogP) is 2.68. The third kappa shape index (κ3) is 3.68. The molecule has 0 amide bonds. The van der Waals surface area contributed by atoms with Crippen LogP contribution in [0.1, 0.15) is 19.4 Å². The van der Waals surface area contributed by atoms with E-state index in [1.54, 1.807) is 26.0 Å². The van der Waals surface area contributed by atoms with Crippen molar-refractivity contribution >= 4 is 17.6 Å². The molecule has 2 N–H and O–H groups in total. The van der Waals surface area contributed by atoms with Crippen LogP contribution in [0.25, 0.3) is 0 Å². The first kappa shape index (κ1) is 13.9. The minimum Gasteiger partial charge on any atom is -0.480 e. The average Bonchev–Trinajstić information content (AvgIpc) is 2.23. The van der Waals surface area contributed by atoms with Crippen LogP contribution < -0.4 is 5.32 Å². The first-order valence-electron chi connectivity index (χ1n) is 5.32. The summed E-state index contributed by atoms with van der Waals surface area (Å²) in [5.41, 5.74) is 0.365. The van der Waals surface area contributed by atoms with Gasteiger partial charge in [-0.25, -0.2) is 4.39 Å². The smallest absolute Gasteiger partial charge is 0.320 e. The zero-order chi connectivity index (χ0) is 13.0. The maximum absolute atomic E-state index is 13.5. The van der Waals surface area contributed by atoms with E-state index in [-0.39, 0.29) is 17.5 Å². The van der Waals surface area contributed by atoms with Gasteiger partial charge >= 0.3 is 5.97 Å². The third-order valence-corrected chi connectivity index (χ3v) is 2.77. The Morgan fingerprint density at radius 1 is 1.53 bits per heavy atom. The zero-order valence-corrected chi connectivity index (χ0v) is 10.5. The lowest BCUT2D eigenvalue weighted by Crippen LogP contribution is -2.40. The molecular weight excluding hydrogens is 245 g/mol. The second kappa shape index (κ2) is 5.98. The van der Waals surface area contributed by atoms with Crippen molar-refractivity contribution in [2.45, 2.75) is 26.4 Å². The standard InChI is InChI=1S/C12H15ClFNO2/c1-7(2)11(12(16)17)15-6-8-4-3-5-9(13)10(8)14/h3-5,7,11,15H,6H2,1-2H3,(H,16,17). The maximum Gasteiger partial charge on any atom is 0.320 e. The summed E-state index contributed by atoms with van der Waals surface area (Å²) in [4.78, 5) is 10.9. The molecule has 1 unspecified atom stereocenters. The lowest BCUT2D eigenvalue weighted by molar-refractivity contribution is -0.140. The van der Waals surface area contributed by atoms with Gasteiger partial charge in [0, 0.05) is 12.1 Å².